The number of allylic oxidation sites excluding steroid dienone is 4. The summed E-state index contributed by atoms with van der Waals surface area (Å²) in [4.78, 5) is 72.4. The molecule has 0 aliphatic carbocycles. The molecule has 0 fully saturated rings. The molecule has 530 valence electrons. The van der Waals surface area contributed by atoms with Gasteiger partial charge in [-0.25, -0.2) is 9.13 Å². The maximum atomic E-state index is 13.0. The minimum atomic E-state index is -4.96. The fourth-order valence-corrected chi connectivity index (χ4v) is 11.9. The number of rotatable bonds is 69. The zero-order valence-electron chi connectivity index (χ0n) is 57.8. The summed E-state index contributed by atoms with van der Waals surface area (Å²) in [6.07, 6.45) is 53.6. The fraction of sp³-hybridized carbons (Fsp3) is 0.887. The van der Waals surface area contributed by atoms with Crippen molar-refractivity contribution in [1.29, 1.82) is 0 Å². The molecule has 0 saturated carbocycles. The van der Waals surface area contributed by atoms with E-state index in [0.29, 0.717) is 25.7 Å². The number of esters is 4. The quantitative estimate of drug-likeness (QED) is 0.0169. The zero-order chi connectivity index (χ0) is 66.3. The second-order valence-corrected chi connectivity index (χ2v) is 28.3. The standard InChI is InChI=1S/C71H134O17P2/c1-6-9-12-15-18-20-22-24-26-28-30-35-40-45-50-55-69(74)82-61-67(88-70(75)56-51-46-41-36-31-29-27-25-23-21-19-16-13-10-7-2)63-86-90(79,80)84-59-65(72)58-83-89(77,78)85-62-66(60-81-68(73)54-49-44-38-17-14-11-8-3)87-71(76)57-52-47-42-37-33-32-34-39-43-48-53-64(4)5/h21,23,25,27,64-67,72H,6-20,22,24,26,28-63H2,1-5H3,(H,77,78)(H,79,80)/b23-21-,27-25-/t65-,66+,67+/m0/s1. The van der Waals surface area contributed by atoms with E-state index in [2.05, 4.69) is 58.9 Å². The van der Waals surface area contributed by atoms with Crippen LogP contribution in [0.3, 0.4) is 0 Å². The van der Waals surface area contributed by atoms with Crippen LogP contribution in [0.1, 0.15) is 343 Å². The lowest BCUT2D eigenvalue weighted by molar-refractivity contribution is -0.161. The first-order valence-electron chi connectivity index (χ1n) is 36.5. The van der Waals surface area contributed by atoms with Crippen LogP contribution in [0.25, 0.3) is 0 Å². The molecule has 0 spiro atoms. The summed E-state index contributed by atoms with van der Waals surface area (Å²) in [5, 5.41) is 10.6. The van der Waals surface area contributed by atoms with E-state index in [0.717, 1.165) is 121 Å². The van der Waals surface area contributed by atoms with Gasteiger partial charge in [-0.15, -0.1) is 0 Å². The predicted molar refractivity (Wildman–Crippen MR) is 363 cm³/mol. The van der Waals surface area contributed by atoms with Gasteiger partial charge in [0.05, 0.1) is 26.4 Å². The van der Waals surface area contributed by atoms with Crippen molar-refractivity contribution in [2.75, 3.05) is 39.6 Å². The summed E-state index contributed by atoms with van der Waals surface area (Å²) < 4.78 is 68.2. The lowest BCUT2D eigenvalue weighted by Crippen LogP contribution is -2.30. The lowest BCUT2D eigenvalue weighted by atomic mass is 10.0. The normalized spacial score (nSPS) is 14.2. The molecule has 0 aromatic rings. The zero-order valence-corrected chi connectivity index (χ0v) is 59.5. The Morgan fingerprint density at radius 1 is 0.344 bits per heavy atom. The van der Waals surface area contributed by atoms with Crippen LogP contribution < -0.4 is 0 Å². The molecule has 3 N–H and O–H groups in total. The van der Waals surface area contributed by atoms with Gasteiger partial charge in [0.2, 0.25) is 0 Å². The molecule has 17 nitrogen and oxygen atoms in total. The van der Waals surface area contributed by atoms with Gasteiger partial charge < -0.3 is 33.8 Å². The van der Waals surface area contributed by atoms with Crippen LogP contribution in [0.15, 0.2) is 24.3 Å². The molecule has 0 saturated heterocycles. The highest BCUT2D eigenvalue weighted by atomic mass is 31.2. The molecule has 0 bridgehead atoms. The van der Waals surface area contributed by atoms with E-state index in [1.165, 1.54) is 141 Å². The number of aliphatic hydroxyl groups is 1. The third-order valence-corrected chi connectivity index (χ3v) is 17.8. The number of unbranched alkanes of at least 4 members (excludes halogenated alkanes) is 38. The van der Waals surface area contributed by atoms with Crippen molar-refractivity contribution >= 4 is 39.5 Å². The average molecular weight is 1320 g/mol. The van der Waals surface area contributed by atoms with E-state index in [4.69, 9.17) is 37.0 Å². The number of phosphoric acid groups is 2. The van der Waals surface area contributed by atoms with Gasteiger partial charge in [0, 0.05) is 25.7 Å². The summed E-state index contributed by atoms with van der Waals surface area (Å²) in [5.74, 6) is -1.41. The summed E-state index contributed by atoms with van der Waals surface area (Å²) in [6, 6.07) is 0. The minimum Gasteiger partial charge on any atom is -0.462 e. The first kappa shape index (κ1) is 87.5. The van der Waals surface area contributed by atoms with Crippen LogP contribution in [0.2, 0.25) is 0 Å². The molecule has 0 aromatic heterocycles. The van der Waals surface area contributed by atoms with E-state index in [1.807, 2.05) is 0 Å². The minimum absolute atomic E-state index is 0.0856. The Morgan fingerprint density at radius 2 is 0.600 bits per heavy atom. The maximum Gasteiger partial charge on any atom is 0.472 e. The molecular formula is C71H134O17P2. The Labute approximate surface area is 548 Å². The molecule has 90 heavy (non-hydrogen) atoms. The highest BCUT2D eigenvalue weighted by molar-refractivity contribution is 7.47. The summed E-state index contributed by atoms with van der Waals surface area (Å²) >= 11 is 0. The van der Waals surface area contributed by atoms with Gasteiger partial charge in [0.1, 0.15) is 19.3 Å². The highest BCUT2D eigenvalue weighted by Gasteiger charge is 2.30. The molecule has 0 aliphatic rings. The largest absolute Gasteiger partial charge is 0.472 e. The van der Waals surface area contributed by atoms with Crippen molar-refractivity contribution in [1.82, 2.24) is 0 Å². The second kappa shape index (κ2) is 63.9. The Hall–Kier alpha value is -2.46. The number of hydrogen-bond donors (Lipinski definition) is 3. The molecular weight excluding hydrogens is 1190 g/mol. The van der Waals surface area contributed by atoms with E-state index in [1.54, 1.807) is 0 Å². The maximum absolute atomic E-state index is 13.0. The van der Waals surface area contributed by atoms with Gasteiger partial charge in [0.15, 0.2) is 12.2 Å². The SMILES string of the molecule is CCCCCC/C=C\C=C/CCCCCCCC(=O)O[C@H](COC(=O)CCCCCCCCCCCCCCCCC)COP(=O)(O)OC[C@@H](O)COP(=O)(O)OC[C@@H](COC(=O)CCCCCCCCC)OC(=O)CCCCCCCCCCCCC(C)C. The van der Waals surface area contributed by atoms with Crippen molar-refractivity contribution in [2.24, 2.45) is 5.92 Å². The van der Waals surface area contributed by atoms with Gasteiger partial charge >= 0.3 is 39.5 Å². The van der Waals surface area contributed by atoms with Crippen molar-refractivity contribution in [3.8, 4) is 0 Å². The van der Waals surface area contributed by atoms with Crippen LogP contribution in [-0.2, 0) is 65.4 Å². The number of aliphatic hydroxyl groups excluding tert-OH is 1. The van der Waals surface area contributed by atoms with Gasteiger partial charge in [-0.1, -0.05) is 290 Å². The van der Waals surface area contributed by atoms with Gasteiger partial charge in [-0.2, -0.15) is 0 Å². The topological polar surface area (TPSA) is 237 Å². The molecule has 0 heterocycles. The average Bonchev–Trinajstić information content (AvgIpc) is 3.41. The van der Waals surface area contributed by atoms with Crippen molar-refractivity contribution in [3.63, 3.8) is 0 Å². The Bertz CT molecular complexity index is 1830. The number of carbonyl (C=O) groups is 4. The molecule has 0 rings (SSSR count). The third-order valence-electron chi connectivity index (χ3n) is 15.9. The molecule has 0 aromatic carbocycles. The number of hydrogen-bond acceptors (Lipinski definition) is 15. The van der Waals surface area contributed by atoms with Crippen molar-refractivity contribution in [2.45, 2.75) is 361 Å². The monoisotopic (exact) mass is 1320 g/mol. The highest BCUT2D eigenvalue weighted by Crippen LogP contribution is 2.45. The first-order valence-corrected chi connectivity index (χ1v) is 39.4. The lowest BCUT2D eigenvalue weighted by Gasteiger charge is -2.21. The Balaban J connectivity index is 5.25. The molecule has 0 amide bonds. The van der Waals surface area contributed by atoms with Crippen molar-refractivity contribution < 1.29 is 80.2 Å². The number of carbonyl (C=O) groups excluding carboxylic acids is 4. The van der Waals surface area contributed by atoms with Crippen molar-refractivity contribution in [3.05, 3.63) is 24.3 Å². The predicted octanol–water partition coefficient (Wildman–Crippen LogP) is 20.1. The molecule has 0 aliphatic heterocycles. The molecule has 2 unspecified atom stereocenters. The van der Waals surface area contributed by atoms with Gasteiger partial charge in [-0.05, 0) is 57.3 Å². The Morgan fingerprint density at radius 3 is 0.911 bits per heavy atom. The van der Waals surface area contributed by atoms with Crippen LogP contribution in [0.4, 0.5) is 0 Å². The van der Waals surface area contributed by atoms with E-state index < -0.39 is 97.5 Å². The summed E-state index contributed by atoms with van der Waals surface area (Å²) in [5.41, 5.74) is 0. The summed E-state index contributed by atoms with van der Waals surface area (Å²) in [6.45, 7) is 7.14. The molecule has 19 heteroatoms. The third kappa shape index (κ3) is 64.3. The van der Waals surface area contributed by atoms with Crippen LogP contribution in [0, 0.1) is 5.92 Å². The van der Waals surface area contributed by atoms with E-state index >= 15 is 0 Å². The smallest absolute Gasteiger partial charge is 0.462 e. The Kier molecular flexibility index (Phi) is 62.2. The van der Waals surface area contributed by atoms with Gasteiger partial charge in [-0.3, -0.25) is 37.3 Å². The van der Waals surface area contributed by atoms with Gasteiger partial charge in [0.25, 0.3) is 0 Å². The van der Waals surface area contributed by atoms with Crippen LogP contribution in [-0.4, -0.2) is 96.7 Å². The number of phosphoric ester groups is 2. The second-order valence-electron chi connectivity index (χ2n) is 25.4. The van der Waals surface area contributed by atoms with E-state index in [9.17, 15) is 43.2 Å². The first-order chi connectivity index (χ1) is 43.5. The fourth-order valence-electron chi connectivity index (χ4n) is 10.3. The molecule has 0 radical (unpaired) electrons. The van der Waals surface area contributed by atoms with Crippen LogP contribution >= 0.6 is 15.6 Å². The summed E-state index contributed by atoms with van der Waals surface area (Å²) in [7, 11) is -9.91. The number of ether oxygens (including phenoxy) is 4. The van der Waals surface area contributed by atoms with E-state index in [-0.39, 0.29) is 25.7 Å². The van der Waals surface area contributed by atoms with Crippen LogP contribution in [0.5, 0.6) is 0 Å². The molecule has 5 atom stereocenters.